The summed E-state index contributed by atoms with van der Waals surface area (Å²) in [7, 11) is 45.8. The quantitative estimate of drug-likeness (QED) is 0.209. The SMILES string of the molecule is C.CC(C)C.CN(C)C(N(C)C)N(C)C.CN(C)CN(C)C.CN(C)CN(C)CN(C)CN(C)C.CN(C)CN(CN(C)C)CN(C)C. The van der Waals surface area contributed by atoms with Crippen LogP contribution in [0.5, 0.6) is 0 Å². The number of hydrogen-bond donors (Lipinski definition) is 0. The lowest BCUT2D eigenvalue weighted by molar-refractivity contribution is 0.00961. The molecule has 0 aliphatic carbocycles. The van der Waals surface area contributed by atoms with Crippen molar-refractivity contribution in [2.45, 2.75) is 34.5 Å². The van der Waals surface area contributed by atoms with Crippen LogP contribution in [0.15, 0.2) is 0 Å². The fourth-order valence-electron chi connectivity index (χ4n) is 4.75. The smallest absolute Gasteiger partial charge is 0.118 e. The summed E-state index contributed by atoms with van der Waals surface area (Å²) in [6.07, 6.45) is 0.389. The molecule has 300 valence electrons. The van der Waals surface area contributed by atoms with Gasteiger partial charge in [0, 0.05) is 6.67 Å². The van der Waals surface area contributed by atoms with Gasteiger partial charge in [-0.2, -0.15) is 0 Å². The third-order valence-electron chi connectivity index (χ3n) is 4.93. The lowest BCUT2D eigenvalue weighted by Gasteiger charge is -2.35. The maximum absolute atomic E-state index is 2.38. The molecule has 0 N–H and O–H groups in total. The van der Waals surface area contributed by atoms with Crippen molar-refractivity contribution in [2.24, 2.45) is 5.92 Å². The Morgan fingerprint density at radius 3 is 0.583 bits per heavy atom. The van der Waals surface area contributed by atoms with Crippen molar-refractivity contribution in [2.75, 3.05) is 202 Å². The van der Waals surface area contributed by atoms with E-state index >= 15 is 0 Å². The lowest BCUT2D eigenvalue weighted by Crippen LogP contribution is -2.50. The number of hydrogen-bond acceptors (Lipinski definition) is 13. The Kier molecular flexibility index (Phi) is 45.1. The second kappa shape index (κ2) is 36.3. The average Bonchev–Trinajstić information content (AvgIpc) is 2.75. The van der Waals surface area contributed by atoms with Crippen molar-refractivity contribution in [3.8, 4) is 0 Å². The van der Waals surface area contributed by atoms with Gasteiger partial charge in [-0.05, 0) is 161 Å². The molecule has 0 aromatic rings. The van der Waals surface area contributed by atoms with E-state index < -0.39 is 0 Å². The Morgan fingerprint density at radius 1 is 0.292 bits per heavy atom. The molecule has 13 nitrogen and oxygen atoms in total. The highest BCUT2D eigenvalue weighted by atomic mass is 15.5. The van der Waals surface area contributed by atoms with Gasteiger partial charge < -0.3 is 0 Å². The van der Waals surface area contributed by atoms with E-state index in [2.05, 4.69) is 240 Å². The van der Waals surface area contributed by atoms with E-state index in [0.717, 1.165) is 52.6 Å². The van der Waals surface area contributed by atoms with Crippen molar-refractivity contribution in [3.63, 3.8) is 0 Å². The van der Waals surface area contributed by atoms with Gasteiger partial charge in [-0.3, -0.25) is 63.7 Å². The van der Waals surface area contributed by atoms with Gasteiger partial charge in [-0.25, -0.2) is 0 Å². The topological polar surface area (TPSA) is 42.1 Å². The minimum absolute atomic E-state index is 0. The highest BCUT2D eigenvalue weighted by Gasteiger charge is 2.14. The van der Waals surface area contributed by atoms with Gasteiger partial charge in [-0.15, -0.1) is 0 Å². The zero-order chi connectivity index (χ0) is 38.6. The third kappa shape index (κ3) is 57.7. The molecule has 0 unspecified atom stereocenters. The predicted molar refractivity (Wildman–Crippen MR) is 219 cm³/mol. The molecule has 0 saturated carbocycles. The molecule has 0 radical (unpaired) electrons. The molecule has 0 bridgehead atoms. The molecule has 0 aliphatic rings. The molecule has 0 aromatic carbocycles. The first-order chi connectivity index (χ1) is 21.1. The van der Waals surface area contributed by atoms with Gasteiger partial charge in [0.25, 0.3) is 0 Å². The first kappa shape index (κ1) is 59.6. The highest BCUT2D eigenvalue weighted by molar-refractivity contribution is 4.58. The standard InChI is InChI=1S/2C9H24N4.C7H19N3.C5H14N2.C4H10.CH4/c1-10(2)7-12(5)9-13(6)8-11(3)4;1-10(2)7-13(8-11(3)4)9-12(5)6;1-8(2)7(9(3)4)10(5)6;1-6(2)5-7(3)4;1-4(2)3;/h2*7-9H2,1-6H3;7H,1-6H3;5H2,1-4H3;4H,1-3H3;1H4. The van der Waals surface area contributed by atoms with Crippen molar-refractivity contribution < 1.29 is 0 Å². The minimum atomic E-state index is 0. The molecule has 0 saturated heterocycles. The molecule has 48 heavy (non-hydrogen) atoms. The Bertz CT molecular complexity index is 546. The lowest BCUT2D eigenvalue weighted by atomic mass is 10.3. The fraction of sp³-hybridized carbons (Fsp3) is 1.00. The van der Waals surface area contributed by atoms with E-state index in [1.54, 1.807) is 0 Å². The van der Waals surface area contributed by atoms with E-state index in [4.69, 9.17) is 0 Å². The van der Waals surface area contributed by atoms with Gasteiger partial charge in [0.15, 0.2) is 0 Å². The van der Waals surface area contributed by atoms with Crippen molar-refractivity contribution >= 4 is 0 Å². The third-order valence-corrected chi connectivity index (χ3v) is 4.93. The van der Waals surface area contributed by atoms with E-state index in [1.165, 1.54) is 0 Å². The maximum Gasteiger partial charge on any atom is 0.118 e. The summed E-state index contributed by atoms with van der Waals surface area (Å²) < 4.78 is 0. The predicted octanol–water partition coefficient (Wildman–Crippen LogP) is 2.01. The molecule has 0 rings (SSSR count). The summed E-state index contributed by atoms with van der Waals surface area (Å²) in [6.45, 7) is 13.5. The number of rotatable bonds is 17. The molecular formula is C35H95N13. The van der Waals surface area contributed by atoms with Crippen LogP contribution in [0, 0.1) is 5.92 Å². The molecule has 0 spiro atoms. The monoisotopic (exact) mass is 698 g/mol. The van der Waals surface area contributed by atoms with Crippen LogP contribution in [0.3, 0.4) is 0 Å². The highest BCUT2D eigenvalue weighted by Crippen LogP contribution is 1.98. The molecule has 13 heteroatoms. The summed E-state index contributed by atoms with van der Waals surface area (Å²) >= 11 is 0. The summed E-state index contributed by atoms with van der Waals surface area (Å²) in [4.78, 5) is 28.6. The van der Waals surface area contributed by atoms with Crippen molar-refractivity contribution in [3.05, 3.63) is 0 Å². The Labute approximate surface area is 305 Å². The molecular weight excluding hydrogens is 602 g/mol. The molecule has 0 heterocycles. The number of nitrogens with zero attached hydrogens (tertiary/aromatic N) is 13. The molecule has 0 atom stereocenters. The normalized spacial score (nSPS) is 11.8. The van der Waals surface area contributed by atoms with Crippen LogP contribution in [0.1, 0.15) is 28.2 Å². The van der Waals surface area contributed by atoms with Crippen LogP contribution in [0.2, 0.25) is 0 Å². The van der Waals surface area contributed by atoms with E-state index in [1.807, 2.05) is 0 Å². The van der Waals surface area contributed by atoms with E-state index in [0.29, 0.717) is 6.29 Å². The Hall–Kier alpha value is -0.520. The largest absolute Gasteiger partial charge is 0.297 e. The summed E-state index contributed by atoms with van der Waals surface area (Å²) in [6, 6.07) is 0. The molecule has 0 aliphatic heterocycles. The fourth-order valence-corrected chi connectivity index (χ4v) is 4.75. The van der Waals surface area contributed by atoms with E-state index in [9.17, 15) is 0 Å². The van der Waals surface area contributed by atoms with Gasteiger partial charge in [0.2, 0.25) is 0 Å². The first-order valence-electron chi connectivity index (χ1n) is 16.8. The van der Waals surface area contributed by atoms with Gasteiger partial charge in [0.1, 0.15) is 6.29 Å². The average molecular weight is 698 g/mol. The second-order valence-electron chi connectivity index (χ2n) is 15.9. The summed E-state index contributed by atoms with van der Waals surface area (Å²) in [5.41, 5.74) is 0. The zero-order valence-corrected chi connectivity index (χ0v) is 36.9. The van der Waals surface area contributed by atoms with Crippen LogP contribution < -0.4 is 0 Å². The molecule has 0 aromatic heterocycles. The maximum atomic E-state index is 2.38. The van der Waals surface area contributed by atoms with Gasteiger partial charge in [0.05, 0.1) is 40.0 Å². The van der Waals surface area contributed by atoms with Crippen LogP contribution in [-0.2, 0) is 0 Å². The van der Waals surface area contributed by atoms with Crippen LogP contribution in [0.25, 0.3) is 0 Å². The second-order valence-corrected chi connectivity index (χ2v) is 15.9. The van der Waals surface area contributed by atoms with Crippen LogP contribution in [-0.4, -0.2) is 272 Å². The van der Waals surface area contributed by atoms with Crippen LogP contribution >= 0.6 is 0 Å². The van der Waals surface area contributed by atoms with Gasteiger partial charge in [-0.1, -0.05) is 28.2 Å². The van der Waals surface area contributed by atoms with E-state index in [-0.39, 0.29) is 7.43 Å². The Balaban J connectivity index is -0.000000119. The zero-order valence-electron chi connectivity index (χ0n) is 36.9. The van der Waals surface area contributed by atoms with Crippen molar-refractivity contribution in [1.82, 2.24) is 63.7 Å². The van der Waals surface area contributed by atoms with Crippen LogP contribution in [0.4, 0.5) is 0 Å². The van der Waals surface area contributed by atoms with Gasteiger partial charge >= 0.3 is 0 Å². The first-order valence-corrected chi connectivity index (χ1v) is 16.8. The minimum Gasteiger partial charge on any atom is -0.297 e. The summed E-state index contributed by atoms with van der Waals surface area (Å²) in [5.74, 6) is 0.833. The van der Waals surface area contributed by atoms with Crippen molar-refractivity contribution in [1.29, 1.82) is 0 Å². The summed E-state index contributed by atoms with van der Waals surface area (Å²) in [5, 5.41) is 0. The Morgan fingerprint density at radius 2 is 0.479 bits per heavy atom. The molecule has 0 fully saturated rings. The molecule has 0 amide bonds.